The van der Waals surface area contributed by atoms with Gasteiger partial charge in [-0.2, -0.15) is 0 Å². The first-order chi connectivity index (χ1) is 11.7. The Morgan fingerprint density at radius 2 is 2.00 bits per heavy atom. The fraction of sp³-hybridized carbons (Fsp3) is 0.444. The van der Waals surface area contributed by atoms with Crippen LogP contribution in [0.2, 0.25) is 5.02 Å². The van der Waals surface area contributed by atoms with Crippen molar-refractivity contribution < 1.29 is 14.3 Å². The molecule has 0 bridgehead atoms. The number of piperazine rings is 1. The molecule has 1 fully saturated rings. The van der Waals surface area contributed by atoms with Gasteiger partial charge in [-0.3, -0.25) is 4.90 Å². The molecule has 1 aromatic carbocycles. The van der Waals surface area contributed by atoms with Gasteiger partial charge in [0.1, 0.15) is 12.4 Å². The van der Waals surface area contributed by atoms with Gasteiger partial charge in [0.25, 0.3) is 0 Å². The summed E-state index contributed by atoms with van der Waals surface area (Å²) in [7, 11) is 0. The highest BCUT2D eigenvalue weighted by molar-refractivity contribution is 6.30. The van der Waals surface area contributed by atoms with Crippen molar-refractivity contribution in [3.63, 3.8) is 0 Å². The number of benzene rings is 1. The highest BCUT2D eigenvalue weighted by Crippen LogP contribution is 2.20. The summed E-state index contributed by atoms with van der Waals surface area (Å²) in [5, 5.41) is 10.9. The van der Waals surface area contributed by atoms with E-state index in [9.17, 15) is 5.11 Å². The fourth-order valence-corrected chi connectivity index (χ4v) is 3.09. The van der Waals surface area contributed by atoms with E-state index in [2.05, 4.69) is 15.9 Å². The molecule has 1 aromatic heterocycles. The van der Waals surface area contributed by atoms with E-state index >= 15 is 0 Å². The number of furan rings is 1. The molecule has 2 heterocycles. The lowest BCUT2D eigenvalue weighted by Crippen LogP contribution is -2.49. The molecular formula is C18H23ClN2O3. The molecule has 6 heteroatoms. The fourth-order valence-electron chi connectivity index (χ4n) is 2.90. The number of rotatable bonds is 7. The van der Waals surface area contributed by atoms with E-state index < -0.39 is 6.10 Å². The summed E-state index contributed by atoms with van der Waals surface area (Å²) < 4.78 is 10.7. The molecule has 1 atom stereocenters. The van der Waals surface area contributed by atoms with E-state index in [0.29, 0.717) is 19.8 Å². The number of aliphatic hydroxyl groups is 1. The average molecular weight is 351 g/mol. The molecule has 0 saturated carbocycles. The molecule has 130 valence electrons. The van der Waals surface area contributed by atoms with Gasteiger partial charge in [-0.05, 0) is 30.3 Å². The molecule has 2 aromatic rings. The monoisotopic (exact) mass is 350 g/mol. The van der Waals surface area contributed by atoms with E-state index in [-0.39, 0.29) is 0 Å². The predicted octanol–water partition coefficient (Wildman–Crippen LogP) is 2.63. The summed E-state index contributed by atoms with van der Waals surface area (Å²) in [4.78, 5) is 4.59. The Morgan fingerprint density at radius 1 is 1.17 bits per heavy atom. The first kappa shape index (κ1) is 17.3. The van der Waals surface area contributed by atoms with Gasteiger partial charge >= 0.3 is 0 Å². The number of β-amino-alcohol motifs (C(OH)–C–C–N with tert-alkyl or cyclic N) is 1. The topological polar surface area (TPSA) is 49.1 Å². The van der Waals surface area contributed by atoms with Gasteiger partial charge in [0.2, 0.25) is 0 Å². The normalized spacial score (nSPS) is 17.2. The Bertz CT molecular complexity index is 612. The van der Waals surface area contributed by atoms with Crippen LogP contribution < -0.4 is 4.90 Å². The Morgan fingerprint density at radius 3 is 2.71 bits per heavy atom. The first-order valence-corrected chi connectivity index (χ1v) is 8.59. The number of halogens is 1. The Hall–Kier alpha value is -1.53. The molecule has 5 nitrogen and oxygen atoms in total. The van der Waals surface area contributed by atoms with Crippen molar-refractivity contribution in [2.24, 2.45) is 0 Å². The summed E-state index contributed by atoms with van der Waals surface area (Å²) in [5.74, 6) is 0.775. The predicted molar refractivity (Wildman–Crippen MR) is 94.5 cm³/mol. The van der Waals surface area contributed by atoms with Gasteiger partial charge in [-0.15, -0.1) is 0 Å². The number of hydrogen-bond donors (Lipinski definition) is 1. The van der Waals surface area contributed by atoms with E-state index in [0.717, 1.165) is 42.6 Å². The second kappa shape index (κ2) is 8.53. The van der Waals surface area contributed by atoms with Gasteiger partial charge in [-0.1, -0.05) is 17.7 Å². The van der Waals surface area contributed by atoms with E-state index in [1.807, 2.05) is 30.3 Å². The summed E-state index contributed by atoms with van der Waals surface area (Å²) in [6.07, 6.45) is 1.13. The van der Waals surface area contributed by atoms with Crippen molar-refractivity contribution in [1.29, 1.82) is 0 Å². The molecule has 1 N–H and O–H groups in total. The van der Waals surface area contributed by atoms with Crippen molar-refractivity contribution in [3.05, 3.63) is 53.4 Å². The average Bonchev–Trinajstić information content (AvgIpc) is 3.09. The van der Waals surface area contributed by atoms with E-state index in [1.54, 1.807) is 6.26 Å². The molecule has 1 aliphatic rings. The molecule has 3 rings (SSSR count). The summed E-state index contributed by atoms with van der Waals surface area (Å²) >= 11 is 6.06. The highest BCUT2D eigenvalue weighted by atomic mass is 35.5. The number of hydrogen-bond acceptors (Lipinski definition) is 5. The SMILES string of the molecule is OC(COCc1ccco1)CN1CCN(c2cccc(Cl)c2)CC1. The zero-order valence-electron chi connectivity index (χ0n) is 13.6. The molecule has 0 aliphatic carbocycles. The zero-order chi connectivity index (χ0) is 16.8. The second-order valence-electron chi connectivity index (χ2n) is 6.02. The van der Waals surface area contributed by atoms with E-state index in [1.165, 1.54) is 0 Å². The van der Waals surface area contributed by atoms with Crippen LogP contribution in [0.3, 0.4) is 0 Å². The second-order valence-corrected chi connectivity index (χ2v) is 6.45. The lowest BCUT2D eigenvalue weighted by Gasteiger charge is -2.36. The van der Waals surface area contributed by atoms with Gasteiger partial charge in [0, 0.05) is 43.4 Å². The third-order valence-electron chi connectivity index (χ3n) is 4.15. The number of aliphatic hydroxyl groups excluding tert-OH is 1. The van der Waals surface area contributed by atoms with Crippen LogP contribution in [0.15, 0.2) is 47.1 Å². The molecule has 1 saturated heterocycles. The molecule has 24 heavy (non-hydrogen) atoms. The zero-order valence-corrected chi connectivity index (χ0v) is 14.4. The Balaban J connectivity index is 1.37. The largest absolute Gasteiger partial charge is 0.467 e. The Kier molecular flexibility index (Phi) is 6.15. The number of anilines is 1. The van der Waals surface area contributed by atoms with Crippen LogP contribution in [0.4, 0.5) is 5.69 Å². The lowest BCUT2D eigenvalue weighted by atomic mass is 10.2. The van der Waals surface area contributed by atoms with E-state index in [4.69, 9.17) is 20.8 Å². The highest BCUT2D eigenvalue weighted by Gasteiger charge is 2.19. The van der Waals surface area contributed by atoms with Crippen molar-refractivity contribution in [3.8, 4) is 0 Å². The quantitative estimate of drug-likeness (QED) is 0.832. The third kappa shape index (κ3) is 4.98. The minimum Gasteiger partial charge on any atom is -0.467 e. The number of ether oxygens (including phenoxy) is 1. The maximum absolute atomic E-state index is 10.1. The third-order valence-corrected chi connectivity index (χ3v) is 4.38. The van der Waals surface area contributed by atoms with Crippen molar-refractivity contribution in [2.75, 3.05) is 44.2 Å². The van der Waals surface area contributed by atoms with Crippen LogP contribution in [-0.2, 0) is 11.3 Å². The van der Waals surface area contributed by atoms with Gasteiger partial charge in [0.05, 0.1) is 19.0 Å². The van der Waals surface area contributed by atoms with Crippen LogP contribution in [-0.4, -0.2) is 55.4 Å². The molecular weight excluding hydrogens is 328 g/mol. The van der Waals surface area contributed by atoms with Crippen LogP contribution in [0.25, 0.3) is 0 Å². The lowest BCUT2D eigenvalue weighted by molar-refractivity contribution is 0.00442. The Labute approximate surface area is 147 Å². The summed E-state index contributed by atoms with van der Waals surface area (Å²) in [6.45, 7) is 5.04. The number of nitrogens with zero attached hydrogens (tertiary/aromatic N) is 2. The maximum Gasteiger partial charge on any atom is 0.129 e. The minimum absolute atomic E-state index is 0.315. The van der Waals surface area contributed by atoms with Crippen LogP contribution in [0.5, 0.6) is 0 Å². The van der Waals surface area contributed by atoms with Gasteiger partial charge in [-0.25, -0.2) is 0 Å². The molecule has 0 spiro atoms. The van der Waals surface area contributed by atoms with Crippen LogP contribution in [0.1, 0.15) is 5.76 Å². The molecule has 0 radical (unpaired) electrons. The minimum atomic E-state index is -0.488. The first-order valence-electron chi connectivity index (χ1n) is 8.22. The van der Waals surface area contributed by atoms with Crippen LogP contribution >= 0.6 is 11.6 Å². The smallest absolute Gasteiger partial charge is 0.129 e. The summed E-state index contributed by atoms with van der Waals surface area (Å²) in [6, 6.07) is 11.6. The standard InChI is InChI=1S/C18H23ClN2O3/c19-15-3-1-4-16(11-15)21-8-6-20(7-9-21)12-17(22)13-23-14-18-5-2-10-24-18/h1-5,10-11,17,22H,6-9,12-14H2. The molecule has 1 unspecified atom stereocenters. The van der Waals surface area contributed by atoms with Crippen LogP contribution in [0, 0.1) is 0 Å². The summed E-state index contributed by atoms with van der Waals surface area (Å²) in [5.41, 5.74) is 1.16. The van der Waals surface area contributed by atoms with Crippen molar-refractivity contribution >= 4 is 17.3 Å². The maximum atomic E-state index is 10.1. The molecule has 1 aliphatic heterocycles. The van der Waals surface area contributed by atoms with Crippen molar-refractivity contribution in [2.45, 2.75) is 12.7 Å². The van der Waals surface area contributed by atoms with Gasteiger partial charge < -0.3 is 19.2 Å². The van der Waals surface area contributed by atoms with Crippen molar-refractivity contribution in [1.82, 2.24) is 4.90 Å². The van der Waals surface area contributed by atoms with Gasteiger partial charge in [0.15, 0.2) is 0 Å². The molecule has 0 amide bonds.